The summed E-state index contributed by atoms with van der Waals surface area (Å²) in [5, 5.41) is 0. The first-order valence-corrected chi connectivity index (χ1v) is 4.71. The molecule has 0 atom stereocenters. The van der Waals surface area contributed by atoms with Crippen molar-refractivity contribution in [3.63, 3.8) is 0 Å². The molecule has 4 nitrogen and oxygen atoms in total. The second kappa shape index (κ2) is 2.96. The zero-order valence-electron chi connectivity index (χ0n) is 5.77. The molecule has 0 fully saturated rings. The molecular formula is C6H7N2O2S. The molecule has 0 saturated carbocycles. The van der Waals surface area contributed by atoms with Gasteiger partial charge < -0.3 is 0 Å². The van der Waals surface area contributed by atoms with Gasteiger partial charge in [-0.25, -0.2) is 8.42 Å². The number of hydrogen-bond donors (Lipinski definition) is 0. The minimum atomic E-state index is -3.23. The molecule has 1 aromatic rings. The lowest BCUT2D eigenvalue weighted by Gasteiger charge is -1.94. The molecule has 0 aliphatic carbocycles. The van der Waals surface area contributed by atoms with E-state index >= 15 is 0 Å². The Labute approximate surface area is 65.2 Å². The summed E-state index contributed by atoms with van der Waals surface area (Å²) in [6.07, 6.45) is 7.31. The maximum Gasteiger partial charge on any atom is 0.157 e. The predicted octanol–water partition coefficient (Wildman–Crippen LogP) is 0.183. The Morgan fingerprint density at radius 2 is 2.18 bits per heavy atom. The lowest BCUT2D eigenvalue weighted by molar-refractivity contribution is 0.603. The monoisotopic (exact) mass is 171 g/mol. The average Bonchev–Trinajstić information content (AvgIpc) is 1.85. The zero-order chi connectivity index (χ0) is 8.32. The Morgan fingerprint density at radius 3 is 2.64 bits per heavy atom. The fraction of sp³-hybridized carbons (Fsp3) is 0.167. The van der Waals surface area contributed by atoms with Gasteiger partial charge in [-0.05, 0) is 0 Å². The predicted molar refractivity (Wildman–Crippen MR) is 40.0 cm³/mol. The van der Waals surface area contributed by atoms with Gasteiger partial charge in [0.25, 0.3) is 0 Å². The highest BCUT2D eigenvalue weighted by atomic mass is 32.2. The molecule has 11 heavy (non-hydrogen) atoms. The third-order valence-electron chi connectivity index (χ3n) is 0.984. The highest BCUT2D eigenvalue weighted by Gasteiger charge is 2.04. The molecule has 1 heterocycles. The van der Waals surface area contributed by atoms with E-state index in [0.717, 1.165) is 0 Å². The Balaban J connectivity index is 2.82. The van der Waals surface area contributed by atoms with Crippen molar-refractivity contribution in [1.29, 1.82) is 0 Å². The van der Waals surface area contributed by atoms with E-state index in [-0.39, 0.29) is 5.75 Å². The molecule has 0 N–H and O–H groups in total. The van der Waals surface area contributed by atoms with Crippen molar-refractivity contribution in [3.8, 4) is 0 Å². The molecule has 1 rings (SSSR count). The minimum Gasteiger partial charge on any atom is -0.261 e. The third kappa shape index (κ3) is 3.08. The number of nitrogens with zero attached hydrogens (tertiary/aromatic N) is 2. The molecule has 0 spiro atoms. The van der Waals surface area contributed by atoms with Crippen LogP contribution in [0.2, 0.25) is 0 Å². The van der Waals surface area contributed by atoms with Crippen molar-refractivity contribution in [2.75, 3.05) is 0 Å². The number of hydrogen-bond acceptors (Lipinski definition) is 4. The van der Waals surface area contributed by atoms with E-state index in [9.17, 15) is 8.42 Å². The van der Waals surface area contributed by atoms with E-state index in [0.29, 0.717) is 5.69 Å². The zero-order valence-corrected chi connectivity index (χ0v) is 6.58. The van der Waals surface area contributed by atoms with E-state index in [4.69, 9.17) is 0 Å². The minimum absolute atomic E-state index is 0.152. The molecule has 1 aromatic heterocycles. The summed E-state index contributed by atoms with van der Waals surface area (Å²) < 4.78 is 21.2. The van der Waals surface area contributed by atoms with Gasteiger partial charge in [0.1, 0.15) is 0 Å². The van der Waals surface area contributed by atoms with Crippen LogP contribution in [0.1, 0.15) is 5.69 Å². The van der Waals surface area contributed by atoms with Gasteiger partial charge in [0, 0.05) is 18.6 Å². The SMILES string of the molecule is [CH2]S(=O)(=O)Cc1cnccn1. The molecule has 0 unspecified atom stereocenters. The topological polar surface area (TPSA) is 59.9 Å². The first kappa shape index (κ1) is 8.13. The fourth-order valence-electron chi connectivity index (χ4n) is 0.630. The number of rotatable bonds is 2. The quantitative estimate of drug-likeness (QED) is 0.637. The van der Waals surface area contributed by atoms with E-state index in [1.165, 1.54) is 18.6 Å². The molecule has 0 bridgehead atoms. The van der Waals surface area contributed by atoms with Crippen LogP contribution < -0.4 is 0 Å². The maximum atomic E-state index is 10.6. The van der Waals surface area contributed by atoms with Gasteiger partial charge in [-0.1, -0.05) is 0 Å². The van der Waals surface area contributed by atoms with Crippen molar-refractivity contribution in [1.82, 2.24) is 9.97 Å². The van der Waals surface area contributed by atoms with Gasteiger partial charge in [-0.3, -0.25) is 9.97 Å². The lowest BCUT2D eigenvalue weighted by atomic mass is 10.5. The number of sulfone groups is 1. The summed E-state index contributed by atoms with van der Waals surface area (Å²) in [6.45, 7) is 0. The van der Waals surface area contributed by atoms with Crippen molar-refractivity contribution in [2.24, 2.45) is 0 Å². The molecule has 0 aliphatic heterocycles. The second-order valence-electron chi connectivity index (χ2n) is 2.08. The summed E-state index contributed by atoms with van der Waals surface area (Å²) in [7, 11) is -3.23. The van der Waals surface area contributed by atoms with Crippen LogP contribution in [0.25, 0.3) is 0 Å². The van der Waals surface area contributed by atoms with Gasteiger partial charge >= 0.3 is 0 Å². The first-order chi connectivity index (χ1) is 5.08. The van der Waals surface area contributed by atoms with Crippen LogP contribution in [0, 0.1) is 6.26 Å². The molecule has 0 saturated heterocycles. The van der Waals surface area contributed by atoms with Crippen molar-refractivity contribution in [2.45, 2.75) is 5.75 Å². The summed E-state index contributed by atoms with van der Waals surface area (Å²) in [5.74, 6) is -0.152. The van der Waals surface area contributed by atoms with E-state index in [2.05, 4.69) is 16.2 Å². The maximum absolute atomic E-state index is 10.6. The molecular weight excluding hydrogens is 164 g/mol. The normalized spacial score (nSPS) is 11.4. The standard InChI is InChI=1S/C6H7N2O2S/c1-11(9,10)5-6-4-7-2-3-8-6/h2-4H,1,5H2. The molecule has 0 aromatic carbocycles. The highest BCUT2D eigenvalue weighted by molar-refractivity contribution is 7.91. The average molecular weight is 171 g/mol. The largest absolute Gasteiger partial charge is 0.261 e. The van der Waals surface area contributed by atoms with Crippen molar-refractivity contribution >= 4 is 9.84 Å². The third-order valence-corrected chi connectivity index (χ3v) is 1.72. The van der Waals surface area contributed by atoms with Crippen LogP contribution >= 0.6 is 0 Å². The second-order valence-corrected chi connectivity index (χ2v) is 3.86. The van der Waals surface area contributed by atoms with Crippen LogP contribution in [-0.2, 0) is 15.6 Å². The lowest BCUT2D eigenvalue weighted by Crippen LogP contribution is -2.00. The van der Waals surface area contributed by atoms with E-state index < -0.39 is 9.84 Å². The van der Waals surface area contributed by atoms with Crippen LogP contribution in [-0.4, -0.2) is 18.4 Å². The summed E-state index contributed by atoms with van der Waals surface area (Å²) in [6, 6.07) is 0. The van der Waals surface area contributed by atoms with Crippen molar-refractivity contribution < 1.29 is 8.42 Å². The molecule has 0 amide bonds. The summed E-state index contributed by atoms with van der Waals surface area (Å²) in [4.78, 5) is 7.50. The van der Waals surface area contributed by atoms with Gasteiger partial charge in [0.15, 0.2) is 9.84 Å². The van der Waals surface area contributed by atoms with Gasteiger partial charge in [-0.2, -0.15) is 0 Å². The Hall–Kier alpha value is -0.970. The van der Waals surface area contributed by atoms with Crippen molar-refractivity contribution in [3.05, 3.63) is 30.5 Å². The Morgan fingerprint density at radius 1 is 1.45 bits per heavy atom. The molecule has 59 valence electrons. The molecule has 5 heteroatoms. The van der Waals surface area contributed by atoms with Gasteiger partial charge in [0.2, 0.25) is 0 Å². The van der Waals surface area contributed by atoms with E-state index in [1.54, 1.807) is 0 Å². The summed E-state index contributed by atoms with van der Waals surface area (Å²) in [5.41, 5.74) is 0.419. The Kier molecular flexibility index (Phi) is 2.19. The summed E-state index contributed by atoms with van der Waals surface area (Å²) >= 11 is 0. The van der Waals surface area contributed by atoms with Crippen LogP contribution in [0.3, 0.4) is 0 Å². The molecule has 1 radical (unpaired) electrons. The van der Waals surface area contributed by atoms with Crippen LogP contribution in [0.4, 0.5) is 0 Å². The smallest absolute Gasteiger partial charge is 0.157 e. The first-order valence-electron chi connectivity index (χ1n) is 2.88. The Bertz CT molecular complexity index is 320. The van der Waals surface area contributed by atoms with Crippen LogP contribution in [0.15, 0.2) is 18.6 Å². The van der Waals surface area contributed by atoms with Gasteiger partial charge in [-0.15, -0.1) is 0 Å². The fourth-order valence-corrected chi connectivity index (χ4v) is 1.23. The van der Waals surface area contributed by atoms with E-state index in [1.807, 2.05) is 0 Å². The highest BCUT2D eigenvalue weighted by Crippen LogP contribution is 1.98. The van der Waals surface area contributed by atoms with Gasteiger partial charge in [0.05, 0.1) is 17.7 Å². The number of aromatic nitrogens is 2. The molecule has 0 aliphatic rings. The van der Waals surface area contributed by atoms with Crippen LogP contribution in [0.5, 0.6) is 0 Å².